The normalized spacial score (nSPS) is 27.9. The van der Waals surface area contributed by atoms with Crippen molar-refractivity contribution in [2.24, 2.45) is 16.3 Å². The van der Waals surface area contributed by atoms with E-state index >= 15 is 0 Å². The van der Waals surface area contributed by atoms with Gasteiger partial charge in [-0.3, -0.25) is 4.99 Å². The van der Waals surface area contributed by atoms with Gasteiger partial charge < -0.3 is 20.5 Å². The van der Waals surface area contributed by atoms with Gasteiger partial charge in [-0.1, -0.05) is 19.8 Å². The Morgan fingerprint density at radius 2 is 2.04 bits per heavy atom. The maximum absolute atomic E-state index is 9.77. The molecule has 1 heterocycles. The highest BCUT2D eigenvalue weighted by Crippen LogP contribution is 2.30. The molecule has 2 unspecified atom stereocenters. The summed E-state index contributed by atoms with van der Waals surface area (Å²) in [6.07, 6.45) is 6.90. The van der Waals surface area contributed by atoms with E-state index in [9.17, 15) is 5.11 Å². The van der Waals surface area contributed by atoms with Gasteiger partial charge in [-0.15, -0.1) is 24.0 Å². The predicted octanol–water partition coefficient (Wildman–Crippen LogP) is 2.53. The van der Waals surface area contributed by atoms with Crippen molar-refractivity contribution >= 4 is 29.9 Å². The van der Waals surface area contributed by atoms with Crippen molar-refractivity contribution < 1.29 is 9.84 Å². The van der Waals surface area contributed by atoms with Crippen molar-refractivity contribution in [1.82, 2.24) is 10.6 Å². The summed E-state index contributed by atoms with van der Waals surface area (Å²) in [7, 11) is 0. The summed E-state index contributed by atoms with van der Waals surface area (Å²) in [4.78, 5) is 4.78. The molecule has 1 saturated heterocycles. The van der Waals surface area contributed by atoms with Gasteiger partial charge in [-0.2, -0.15) is 0 Å². The van der Waals surface area contributed by atoms with Crippen LogP contribution in [0, 0.1) is 11.3 Å². The molecule has 5 nitrogen and oxygen atoms in total. The molecule has 1 aliphatic carbocycles. The highest BCUT2D eigenvalue weighted by atomic mass is 127. The van der Waals surface area contributed by atoms with Crippen molar-refractivity contribution in [3.8, 4) is 0 Å². The van der Waals surface area contributed by atoms with Crippen LogP contribution in [-0.4, -0.2) is 50.0 Å². The number of aliphatic hydroxyl groups is 1. The van der Waals surface area contributed by atoms with E-state index in [0.717, 1.165) is 44.5 Å². The third kappa shape index (κ3) is 6.74. The molecule has 23 heavy (non-hydrogen) atoms. The molecule has 0 bridgehead atoms. The van der Waals surface area contributed by atoms with Crippen LogP contribution in [0.5, 0.6) is 0 Å². The van der Waals surface area contributed by atoms with Crippen LogP contribution in [-0.2, 0) is 4.74 Å². The Hall–Kier alpha value is -0.0800. The molecule has 2 atom stereocenters. The standard InChI is InChI=1S/C17H33N3O2.HI/c1-3-18-16(20-15-6-4-5-14(2)11-15)19-12-17(13-21)7-9-22-10-8-17;/h14-15,21H,3-13H2,1-2H3,(H2,18,19,20);1H. The Morgan fingerprint density at radius 3 is 2.65 bits per heavy atom. The lowest BCUT2D eigenvalue weighted by atomic mass is 9.81. The molecule has 0 aromatic carbocycles. The number of ether oxygens (including phenoxy) is 1. The molecule has 2 fully saturated rings. The lowest BCUT2D eigenvalue weighted by Crippen LogP contribution is -2.46. The Labute approximate surface area is 158 Å². The smallest absolute Gasteiger partial charge is 0.191 e. The zero-order valence-corrected chi connectivity index (χ0v) is 17.0. The number of aliphatic hydroxyl groups excluding tert-OH is 1. The number of nitrogens with one attached hydrogen (secondary N) is 2. The molecule has 1 aliphatic heterocycles. The van der Waals surface area contributed by atoms with Crippen LogP contribution >= 0.6 is 24.0 Å². The first-order valence-electron chi connectivity index (χ1n) is 8.91. The maximum atomic E-state index is 9.77. The van der Waals surface area contributed by atoms with E-state index < -0.39 is 0 Å². The van der Waals surface area contributed by atoms with E-state index in [0.29, 0.717) is 12.6 Å². The quantitative estimate of drug-likeness (QED) is 0.350. The predicted molar refractivity (Wildman–Crippen MR) is 106 cm³/mol. The van der Waals surface area contributed by atoms with Gasteiger partial charge in [0.2, 0.25) is 0 Å². The minimum Gasteiger partial charge on any atom is -0.396 e. The average Bonchev–Trinajstić information content (AvgIpc) is 2.54. The number of nitrogens with zero attached hydrogens (tertiary/aromatic N) is 1. The summed E-state index contributed by atoms with van der Waals surface area (Å²) in [6.45, 7) is 7.63. The molecule has 136 valence electrons. The van der Waals surface area contributed by atoms with E-state index in [1.807, 2.05) is 0 Å². The fourth-order valence-electron chi connectivity index (χ4n) is 3.50. The van der Waals surface area contributed by atoms with Crippen LogP contribution in [0.1, 0.15) is 52.4 Å². The fourth-order valence-corrected chi connectivity index (χ4v) is 3.50. The second-order valence-corrected chi connectivity index (χ2v) is 7.08. The molecule has 1 saturated carbocycles. The van der Waals surface area contributed by atoms with Gasteiger partial charge in [0.05, 0.1) is 13.2 Å². The molecule has 0 amide bonds. The van der Waals surface area contributed by atoms with Gasteiger partial charge in [-0.25, -0.2) is 0 Å². The monoisotopic (exact) mass is 439 g/mol. The fraction of sp³-hybridized carbons (Fsp3) is 0.941. The van der Waals surface area contributed by atoms with E-state index in [-0.39, 0.29) is 36.0 Å². The van der Waals surface area contributed by atoms with E-state index in [1.54, 1.807) is 0 Å². The summed E-state index contributed by atoms with van der Waals surface area (Å²) < 4.78 is 5.42. The molecule has 0 aromatic rings. The molecule has 2 rings (SSSR count). The van der Waals surface area contributed by atoms with Crippen LogP contribution < -0.4 is 10.6 Å². The molecule has 2 aliphatic rings. The number of halogens is 1. The van der Waals surface area contributed by atoms with Crippen LogP contribution in [0.25, 0.3) is 0 Å². The second-order valence-electron chi connectivity index (χ2n) is 7.08. The zero-order chi connectivity index (χ0) is 15.8. The Bertz CT molecular complexity index is 360. The van der Waals surface area contributed by atoms with E-state index in [4.69, 9.17) is 9.73 Å². The molecular weight excluding hydrogens is 405 g/mol. The van der Waals surface area contributed by atoms with E-state index in [2.05, 4.69) is 24.5 Å². The molecule has 6 heteroatoms. The first-order chi connectivity index (χ1) is 10.7. The van der Waals surface area contributed by atoms with Gasteiger partial charge in [0.1, 0.15) is 0 Å². The number of hydrogen-bond acceptors (Lipinski definition) is 3. The van der Waals surface area contributed by atoms with Gasteiger partial charge in [-0.05, 0) is 38.5 Å². The highest BCUT2D eigenvalue weighted by molar-refractivity contribution is 14.0. The number of hydrogen-bond donors (Lipinski definition) is 3. The van der Waals surface area contributed by atoms with Crippen LogP contribution in [0.4, 0.5) is 0 Å². The molecule has 0 spiro atoms. The van der Waals surface area contributed by atoms with Gasteiger partial charge in [0.15, 0.2) is 5.96 Å². The summed E-state index contributed by atoms with van der Waals surface area (Å²) in [5.41, 5.74) is -0.0968. The number of aliphatic imine (C=N–C) groups is 1. The summed E-state index contributed by atoms with van der Waals surface area (Å²) in [6, 6.07) is 0.529. The molecule has 3 N–H and O–H groups in total. The molecular formula is C17H34IN3O2. The van der Waals surface area contributed by atoms with Crippen molar-refractivity contribution in [3.63, 3.8) is 0 Å². The Kier molecular flexibility index (Phi) is 9.77. The Balaban J connectivity index is 0.00000264. The van der Waals surface area contributed by atoms with Gasteiger partial charge in [0, 0.05) is 31.2 Å². The summed E-state index contributed by atoms with van der Waals surface area (Å²) in [5.74, 6) is 1.70. The Morgan fingerprint density at radius 1 is 1.30 bits per heavy atom. The minimum atomic E-state index is -0.0968. The SMILES string of the molecule is CCNC(=NCC1(CO)CCOCC1)NC1CCCC(C)C1.I. The molecule has 0 radical (unpaired) electrons. The minimum absolute atomic E-state index is 0. The van der Waals surface area contributed by atoms with Crippen molar-refractivity contribution in [1.29, 1.82) is 0 Å². The third-order valence-corrected chi connectivity index (χ3v) is 5.08. The number of rotatable bonds is 5. The largest absolute Gasteiger partial charge is 0.396 e. The topological polar surface area (TPSA) is 65.9 Å². The van der Waals surface area contributed by atoms with Crippen LogP contribution in [0.3, 0.4) is 0 Å². The summed E-state index contributed by atoms with van der Waals surface area (Å²) in [5, 5.41) is 16.7. The van der Waals surface area contributed by atoms with Crippen molar-refractivity contribution in [3.05, 3.63) is 0 Å². The van der Waals surface area contributed by atoms with Crippen molar-refractivity contribution in [2.45, 2.75) is 58.4 Å². The third-order valence-electron chi connectivity index (χ3n) is 5.08. The lowest BCUT2D eigenvalue weighted by Gasteiger charge is -2.34. The zero-order valence-electron chi connectivity index (χ0n) is 14.6. The highest BCUT2D eigenvalue weighted by Gasteiger charge is 2.32. The first kappa shape index (κ1) is 21.0. The first-order valence-corrected chi connectivity index (χ1v) is 8.91. The van der Waals surface area contributed by atoms with Gasteiger partial charge >= 0.3 is 0 Å². The van der Waals surface area contributed by atoms with E-state index in [1.165, 1.54) is 25.7 Å². The second kappa shape index (κ2) is 10.7. The van der Waals surface area contributed by atoms with Crippen molar-refractivity contribution in [2.75, 3.05) is 32.9 Å². The van der Waals surface area contributed by atoms with Gasteiger partial charge in [0.25, 0.3) is 0 Å². The average molecular weight is 439 g/mol. The maximum Gasteiger partial charge on any atom is 0.191 e. The van der Waals surface area contributed by atoms with Crippen LogP contribution in [0.15, 0.2) is 4.99 Å². The molecule has 0 aromatic heterocycles. The summed E-state index contributed by atoms with van der Waals surface area (Å²) >= 11 is 0. The lowest BCUT2D eigenvalue weighted by molar-refractivity contribution is -0.0106. The number of guanidine groups is 1. The van der Waals surface area contributed by atoms with Crippen LogP contribution in [0.2, 0.25) is 0 Å².